The van der Waals surface area contributed by atoms with E-state index in [1.807, 2.05) is 12.1 Å². The van der Waals surface area contributed by atoms with Crippen LogP contribution < -0.4 is 10.6 Å². The van der Waals surface area contributed by atoms with Crippen molar-refractivity contribution in [2.75, 3.05) is 20.1 Å². The van der Waals surface area contributed by atoms with Gasteiger partial charge in [0.05, 0.1) is 0 Å². The first-order valence-electron chi connectivity index (χ1n) is 7.05. The number of benzene rings is 1. The second kappa shape index (κ2) is 7.99. The van der Waals surface area contributed by atoms with Crippen LogP contribution in [0.1, 0.15) is 34.3 Å². The molecule has 1 aromatic carbocycles. The Bertz CT molecular complexity index is 492. The van der Waals surface area contributed by atoms with Gasteiger partial charge in [-0.25, -0.2) is 0 Å². The molecule has 3 rings (SSSR count). The highest BCUT2D eigenvalue weighted by Gasteiger charge is 2.25. The van der Waals surface area contributed by atoms with Gasteiger partial charge in [-0.15, -0.1) is 24.8 Å². The first-order chi connectivity index (χ1) is 9.24. The highest BCUT2D eigenvalue weighted by molar-refractivity contribution is 5.94. The van der Waals surface area contributed by atoms with Crippen LogP contribution >= 0.6 is 24.8 Å². The normalized spacial score (nSPS) is 15.9. The van der Waals surface area contributed by atoms with Crippen LogP contribution in [0.15, 0.2) is 18.2 Å². The van der Waals surface area contributed by atoms with Gasteiger partial charge in [-0.2, -0.15) is 0 Å². The van der Waals surface area contributed by atoms with Crippen LogP contribution in [0.25, 0.3) is 0 Å². The van der Waals surface area contributed by atoms with Gasteiger partial charge < -0.3 is 15.5 Å². The summed E-state index contributed by atoms with van der Waals surface area (Å²) in [5.41, 5.74) is 3.34. The standard InChI is InChI=1S/C15H21N3O.2ClH/c1-18(14-4-5-14)7-6-17-15(19)11-2-3-12-9-16-10-13(12)8-11;;/h2-3,8,14,16H,4-7,9-10H2,1H3,(H,17,19);2*1H. The van der Waals surface area contributed by atoms with E-state index in [0.29, 0.717) is 0 Å². The number of nitrogens with one attached hydrogen (secondary N) is 2. The summed E-state index contributed by atoms with van der Waals surface area (Å²) in [7, 11) is 2.13. The minimum atomic E-state index is 0. The highest BCUT2D eigenvalue weighted by atomic mass is 35.5. The van der Waals surface area contributed by atoms with E-state index in [4.69, 9.17) is 0 Å². The fourth-order valence-corrected chi connectivity index (χ4v) is 2.58. The summed E-state index contributed by atoms with van der Waals surface area (Å²) in [5.74, 6) is 0.0406. The van der Waals surface area contributed by atoms with Crippen LogP contribution in [0.3, 0.4) is 0 Å². The van der Waals surface area contributed by atoms with Crippen molar-refractivity contribution in [2.45, 2.75) is 32.0 Å². The van der Waals surface area contributed by atoms with Gasteiger partial charge in [-0.05, 0) is 43.1 Å². The predicted molar refractivity (Wildman–Crippen MR) is 89.5 cm³/mol. The van der Waals surface area contributed by atoms with Crippen LogP contribution in [-0.2, 0) is 13.1 Å². The molecule has 1 aliphatic carbocycles. The number of amides is 1. The van der Waals surface area contributed by atoms with Crippen LogP contribution in [0, 0.1) is 0 Å². The van der Waals surface area contributed by atoms with Crippen LogP contribution in [-0.4, -0.2) is 37.0 Å². The molecule has 0 unspecified atom stereocenters. The molecule has 0 saturated heterocycles. The number of hydrogen-bond acceptors (Lipinski definition) is 3. The average Bonchev–Trinajstić information content (AvgIpc) is 3.16. The Labute approximate surface area is 138 Å². The molecular weight excluding hydrogens is 309 g/mol. The third-order valence-electron chi connectivity index (χ3n) is 4.02. The molecule has 4 nitrogen and oxygen atoms in total. The minimum absolute atomic E-state index is 0. The van der Waals surface area contributed by atoms with Crippen molar-refractivity contribution >= 4 is 30.7 Å². The lowest BCUT2D eigenvalue weighted by atomic mass is 10.1. The molecule has 0 bridgehead atoms. The van der Waals surface area contributed by atoms with E-state index in [1.54, 1.807) is 0 Å². The molecule has 1 fully saturated rings. The lowest BCUT2D eigenvalue weighted by Crippen LogP contribution is -2.34. The average molecular weight is 332 g/mol. The molecule has 1 heterocycles. The van der Waals surface area contributed by atoms with E-state index in [0.717, 1.165) is 37.8 Å². The van der Waals surface area contributed by atoms with Gasteiger partial charge in [0.1, 0.15) is 0 Å². The molecule has 1 aromatic rings. The molecule has 0 radical (unpaired) electrons. The molecule has 6 heteroatoms. The summed E-state index contributed by atoms with van der Waals surface area (Å²) in [6.45, 7) is 3.45. The second-order valence-corrected chi connectivity index (χ2v) is 5.55. The summed E-state index contributed by atoms with van der Waals surface area (Å²) in [6, 6.07) is 6.74. The van der Waals surface area contributed by atoms with Crippen molar-refractivity contribution in [3.8, 4) is 0 Å². The molecule has 0 atom stereocenters. The van der Waals surface area contributed by atoms with E-state index < -0.39 is 0 Å². The maximum atomic E-state index is 12.1. The van der Waals surface area contributed by atoms with Gasteiger partial charge in [-0.1, -0.05) is 6.07 Å². The van der Waals surface area contributed by atoms with Crippen molar-refractivity contribution in [2.24, 2.45) is 0 Å². The predicted octanol–water partition coefficient (Wildman–Crippen LogP) is 1.96. The summed E-state index contributed by atoms with van der Waals surface area (Å²) < 4.78 is 0. The van der Waals surface area contributed by atoms with Gasteiger partial charge in [0.15, 0.2) is 0 Å². The Morgan fingerprint density at radius 2 is 2.00 bits per heavy atom. The summed E-state index contributed by atoms with van der Waals surface area (Å²) >= 11 is 0. The van der Waals surface area contributed by atoms with Gasteiger partial charge in [0.2, 0.25) is 0 Å². The fraction of sp³-hybridized carbons (Fsp3) is 0.533. The van der Waals surface area contributed by atoms with Crippen LogP contribution in [0.5, 0.6) is 0 Å². The zero-order chi connectivity index (χ0) is 13.2. The summed E-state index contributed by atoms with van der Waals surface area (Å²) in [4.78, 5) is 14.4. The van der Waals surface area contributed by atoms with Crippen molar-refractivity contribution < 1.29 is 4.79 Å². The number of carbonyl (C=O) groups is 1. The zero-order valence-electron chi connectivity index (χ0n) is 12.2. The highest BCUT2D eigenvalue weighted by Crippen LogP contribution is 2.24. The summed E-state index contributed by atoms with van der Waals surface area (Å²) in [6.07, 6.45) is 2.62. The van der Waals surface area contributed by atoms with Crippen molar-refractivity contribution in [1.29, 1.82) is 0 Å². The number of nitrogens with zero attached hydrogens (tertiary/aromatic N) is 1. The number of rotatable bonds is 5. The first-order valence-corrected chi connectivity index (χ1v) is 7.05. The number of fused-ring (bicyclic) bond motifs is 1. The smallest absolute Gasteiger partial charge is 0.251 e. The fourth-order valence-electron chi connectivity index (χ4n) is 2.58. The second-order valence-electron chi connectivity index (χ2n) is 5.55. The molecule has 0 aromatic heterocycles. The zero-order valence-corrected chi connectivity index (χ0v) is 13.9. The molecule has 1 aliphatic heterocycles. The number of carbonyl (C=O) groups excluding carboxylic acids is 1. The van der Waals surface area contributed by atoms with E-state index in [9.17, 15) is 4.79 Å². The van der Waals surface area contributed by atoms with Crippen molar-refractivity contribution in [3.05, 3.63) is 34.9 Å². The van der Waals surface area contributed by atoms with E-state index >= 15 is 0 Å². The number of hydrogen-bond donors (Lipinski definition) is 2. The third-order valence-corrected chi connectivity index (χ3v) is 4.02. The molecule has 0 spiro atoms. The molecule has 2 aliphatic rings. The number of likely N-dealkylation sites (N-methyl/N-ethyl adjacent to an activating group) is 1. The lowest BCUT2D eigenvalue weighted by Gasteiger charge is -2.15. The monoisotopic (exact) mass is 331 g/mol. The first kappa shape index (κ1) is 18.2. The van der Waals surface area contributed by atoms with E-state index in [1.165, 1.54) is 24.0 Å². The van der Waals surface area contributed by atoms with Gasteiger partial charge in [0, 0.05) is 37.8 Å². The Balaban J connectivity index is 0.00000110. The molecule has 1 amide bonds. The van der Waals surface area contributed by atoms with Gasteiger partial charge >= 0.3 is 0 Å². The maximum Gasteiger partial charge on any atom is 0.251 e. The van der Waals surface area contributed by atoms with Crippen LogP contribution in [0.4, 0.5) is 0 Å². The summed E-state index contributed by atoms with van der Waals surface area (Å²) in [5, 5.41) is 6.30. The quantitative estimate of drug-likeness (QED) is 0.866. The SMILES string of the molecule is CN(CCNC(=O)c1ccc2c(c1)CNC2)C1CC1.Cl.Cl. The molecule has 118 valence electrons. The molecule has 2 N–H and O–H groups in total. The maximum absolute atomic E-state index is 12.1. The van der Waals surface area contributed by atoms with Crippen molar-refractivity contribution in [1.82, 2.24) is 15.5 Å². The van der Waals surface area contributed by atoms with Gasteiger partial charge in [0.25, 0.3) is 5.91 Å². The Kier molecular flexibility index (Phi) is 6.94. The van der Waals surface area contributed by atoms with Crippen molar-refractivity contribution in [3.63, 3.8) is 0 Å². The van der Waals surface area contributed by atoms with E-state index in [2.05, 4.69) is 28.6 Å². The van der Waals surface area contributed by atoms with Crippen LogP contribution in [0.2, 0.25) is 0 Å². The largest absolute Gasteiger partial charge is 0.351 e. The minimum Gasteiger partial charge on any atom is -0.351 e. The molecular formula is C15H23Cl2N3O. The Morgan fingerprint density at radius 1 is 1.29 bits per heavy atom. The number of halogens is 2. The topological polar surface area (TPSA) is 44.4 Å². The third kappa shape index (κ3) is 4.58. The lowest BCUT2D eigenvalue weighted by molar-refractivity contribution is 0.0949. The Hall–Kier alpha value is -0.810. The molecule has 1 saturated carbocycles. The van der Waals surface area contributed by atoms with Gasteiger partial charge in [-0.3, -0.25) is 4.79 Å². The Morgan fingerprint density at radius 3 is 2.71 bits per heavy atom. The molecule has 21 heavy (non-hydrogen) atoms. The van der Waals surface area contributed by atoms with E-state index in [-0.39, 0.29) is 30.7 Å².